The molecule has 2 aromatic carbocycles. The van der Waals surface area contributed by atoms with Crippen LogP contribution < -0.4 is 4.18 Å². The van der Waals surface area contributed by atoms with E-state index in [9.17, 15) is 13.2 Å². The van der Waals surface area contributed by atoms with Crippen LogP contribution in [0.1, 0.15) is 18.1 Å². The summed E-state index contributed by atoms with van der Waals surface area (Å²) in [6.07, 6.45) is 1.49. The molecule has 0 aromatic heterocycles. The Kier molecular flexibility index (Phi) is 5.28. The average molecular weight is 426 g/mol. The van der Waals surface area contributed by atoms with Crippen LogP contribution in [-0.2, 0) is 19.8 Å². The van der Waals surface area contributed by atoms with E-state index in [-0.39, 0.29) is 26.3 Å². The number of hydrogen-bond donors (Lipinski definition) is 0. The highest BCUT2D eigenvalue weighted by Crippen LogP contribution is 2.37. The van der Waals surface area contributed by atoms with Gasteiger partial charge in [-0.1, -0.05) is 46.1 Å². The Hall–Kier alpha value is -2.35. The number of halogens is 2. The van der Waals surface area contributed by atoms with Gasteiger partial charge in [0.2, 0.25) is 0 Å². The van der Waals surface area contributed by atoms with Gasteiger partial charge in [-0.05, 0) is 49.8 Å². The third-order valence-electron chi connectivity index (χ3n) is 3.71. The summed E-state index contributed by atoms with van der Waals surface area (Å²) < 4.78 is 30.0. The van der Waals surface area contributed by atoms with Crippen LogP contribution in [0.3, 0.4) is 0 Å². The lowest BCUT2D eigenvalue weighted by Gasteiger charge is -2.11. The van der Waals surface area contributed by atoms with E-state index in [0.29, 0.717) is 11.3 Å². The monoisotopic (exact) mass is 425 g/mol. The summed E-state index contributed by atoms with van der Waals surface area (Å²) in [5.41, 5.74) is 2.04. The van der Waals surface area contributed by atoms with Crippen molar-refractivity contribution < 1.29 is 22.2 Å². The van der Waals surface area contributed by atoms with E-state index in [1.54, 1.807) is 19.1 Å². The second kappa shape index (κ2) is 7.34. The predicted octanol–water partition coefficient (Wildman–Crippen LogP) is 4.39. The number of aryl methyl sites for hydroxylation is 1. The predicted molar refractivity (Wildman–Crippen MR) is 103 cm³/mol. The van der Waals surface area contributed by atoms with Gasteiger partial charge in [-0.15, -0.1) is 0 Å². The lowest BCUT2D eigenvalue weighted by atomic mass is 10.1. The minimum Gasteiger partial charge on any atom is -0.376 e. The molecule has 0 fully saturated rings. The van der Waals surface area contributed by atoms with Gasteiger partial charge < -0.3 is 9.02 Å². The smallest absolute Gasteiger partial charge is 0.367 e. The van der Waals surface area contributed by atoms with E-state index in [2.05, 4.69) is 9.99 Å². The highest BCUT2D eigenvalue weighted by atomic mass is 35.5. The Morgan fingerprint density at radius 2 is 1.67 bits per heavy atom. The fourth-order valence-corrected chi connectivity index (χ4v) is 3.93. The molecule has 0 bridgehead atoms. The highest BCUT2D eigenvalue weighted by molar-refractivity contribution is 7.87. The maximum Gasteiger partial charge on any atom is 0.367 e. The lowest BCUT2D eigenvalue weighted by molar-refractivity contribution is -0.136. The van der Waals surface area contributed by atoms with Crippen molar-refractivity contribution >= 4 is 51.1 Å². The first-order valence-electron chi connectivity index (χ1n) is 7.65. The number of carbonyl (C=O) groups is 1. The van der Waals surface area contributed by atoms with Gasteiger partial charge in [-0.25, -0.2) is 4.79 Å². The molecular weight excluding hydrogens is 413 g/mol. The summed E-state index contributed by atoms with van der Waals surface area (Å²) in [6, 6.07) is 9.02. The van der Waals surface area contributed by atoms with Crippen molar-refractivity contribution in [3.8, 4) is 5.75 Å². The van der Waals surface area contributed by atoms with Crippen molar-refractivity contribution in [2.45, 2.75) is 18.7 Å². The van der Waals surface area contributed by atoms with Crippen LogP contribution in [0.5, 0.6) is 5.75 Å². The molecule has 3 rings (SSSR count). The molecule has 0 aliphatic carbocycles. The summed E-state index contributed by atoms with van der Waals surface area (Å²) in [5.74, 6) is -0.789. The molecule has 0 atom stereocenters. The largest absolute Gasteiger partial charge is 0.376 e. The van der Waals surface area contributed by atoms with Gasteiger partial charge in [0.25, 0.3) is 0 Å². The molecule has 0 saturated carbocycles. The van der Waals surface area contributed by atoms with Crippen molar-refractivity contribution in [2.24, 2.45) is 5.16 Å². The van der Waals surface area contributed by atoms with Crippen LogP contribution in [0.25, 0.3) is 6.08 Å². The van der Waals surface area contributed by atoms with Gasteiger partial charge in [0.1, 0.15) is 4.90 Å². The van der Waals surface area contributed by atoms with Gasteiger partial charge in [0.05, 0.1) is 21.3 Å². The fourth-order valence-electron chi connectivity index (χ4n) is 2.29. The van der Waals surface area contributed by atoms with Gasteiger partial charge in [0, 0.05) is 0 Å². The highest BCUT2D eigenvalue weighted by Gasteiger charge is 2.24. The summed E-state index contributed by atoms with van der Waals surface area (Å²) in [5, 5.41) is 3.53. The van der Waals surface area contributed by atoms with Crippen molar-refractivity contribution in [2.75, 3.05) is 0 Å². The third kappa shape index (κ3) is 4.16. The maximum absolute atomic E-state index is 12.4. The number of nitrogens with zero attached hydrogens (tertiary/aromatic N) is 1. The molecule has 1 aliphatic rings. The third-order valence-corrected chi connectivity index (χ3v) is 5.51. The van der Waals surface area contributed by atoms with E-state index in [1.807, 2.05) is 6.92 Å². The molecule has 27 heavy (non-hydrogen) atoms. The molecule has 9 heteroatoms. The van der Waals surface area contributed by atoms with Gasteiger partial charge >= 0.3 is 16.1 Å². The summed E-state index contributed by atoms with van der Waals surface area (Å²) in [4.78, 5) is 16.2. The molecule has 1 heterocycles. The van der Waals surface area contributed by atoms with E-state index < -0.39 is 16.1 Å². The normalized spacial score (nSPS) is 15.6. The van der Waals surface area contributed by atoms with E-state index >= 15 is 0 Å². The molecule has 6 nitrogen and oxygen atoms in total. The molecule has 2 aromatic rings. The zero-order chi connectivity index (χ0) is 19.8. The van der Waals surface area contributed by atoms with Crippen LogP contribution in [0.15, 0.2) is 52.0 Å². The quantitative estimate of drug-likeness (QED) is 0.412. The van der Waals surface area contributed by atoms with Gasteiger partial charge in [-0.2, -0.15) is 8.42 Å². The van der Waals surface area contributed by atoms with Gasteiger partial charge in [-0.3, -0.25) is 0 Å². The van der Waals surface area contributed by atoms with Crippen LogP contribution in [-0.4, -0.2) is 20.1 Å². The summed E-state index contributed by atoms with van der Waals surface area (Å²) in [7, 11) is -4.11. The molecule has 1 aliphatic heterocycles. The zero-order valence-electron chi connectivity index (χ0n) is 14.2. The molecule has 0 saturated heterocycles. The number of hydrogen-bond acceptors (Lipinski definition) is 6. The van der Waals surface area contributed by atoms with E-state index in [4.69, 9.17) is 27.4 Å². The maximum atomic E-state index is 12.4. The SMILES string of the molecule is CC1=NOC(=O)/C1=C\c1cc(Cl)c(OS(=O)(=O)c2ccc(C)cc2)c(Cl)c1. The van der Waals surface area contributed by atoms with E-state index in [0.717, 1.165) is 5.56 Å². The second-order valence-electron chi connectivity index (χ2n) is 5.78. The number of rotatable bonds is 4. The van der Waals surface area contributed by atoms with Crippen molar-refractivity contribution in [3.63, 3.8) is 0 Å². The Morgan fingerprint density at radius 1 is 1.07 bits per heavy atom. The average Bonchev–Trinajstić information content (AvgIpc) is 2.90. The first-order chi connectivity index (χ1) is 12.7. The minimum atomic E-state index is -4.11. The Bertz CT molecular complexity index is 1070. The van der Waals surface area contributed by atoms with Crippen molar-refractivity contribution in [1.82, 2.24) is 0 Å². The second-order valence-corrected chi connectivity index (χ2v) is 8.14. The topological polar surface area (TPSA) is 82.0 Å². The van der Waals surface area contributed by atoms with Crippen LogP contribution >= 0.6 is 23.2 Å². The van der Waals surface area contributed by atoms with Gasteiger partial charge in [0.15, 0.2) is 5.75 Å². The zero-order valence-corrected chi connectivity index (χ0v) is 16.5. The summed E-state index contributed by atoms with van der Waals surface area (Å²) in [6.45, 7) is 3.45. The summed E-state index contributed by atoms with van der Waals surface area (Å²) >= 11 is 12.3. The van der Waals surface area contributed by atoms with Crippen molar-refractivity contribution in [1.29, 1.82) is 0 Å². The molecule has 0 N–H and O–H groups in total. The number of carbonyl (C=O) groups excluding carboxylic acids is 1. The lowest BCUT2D eigenvalue weighted by Crippen LogP contribution is -2.10. The Morgan fingerprint density at radius 3 is 2.19 bits per heavy atom. The molecule has 0 radical (unpaired) electrons. The molecular formula is C18H13Cl2NO5S. The minimum absolute atomic E-state index is 0.0213. The molecule has 0 amide bonds. The molecule has 0 unspecified atom stereocenters. The molecule has 140 valence electrons. The number of oxime groups is 1. The Labute approximate surface area is 166 Å². The fraction of sp³-hybridized carbons (Fsp3) is 0.111. The van der Waals surface area contributed by atoms with Crippen LogP contribution in [0.2, 0.25) is 10.0 Å². The first kappa shape index (κ1) is 19.4. The standard InChI is InChI=1S/C18H13Cl2NO5S/c1-10-3-5-13(6-4-10)27(23,24)26-17-15(19)8-12(9-16(17)20)7-14-11(2)21-25-18(14)22/h3-9H,1-2H3/b14-7-. The van der Waals surface area contributed by atoms with Crippen molar-refractivity contribution in [3.05, 3.63) is 63.1 Å². The number of benzene rings is 2. The van der Waals surface area contributed by atoms with Crippen LogP contribution in [0.4, 0.5) is 0 Å². The van der Waals surface area contributed by atoms with E-state index in [1.165, 1.54) is 30.3 Å². The molecule has 0 spiro atoms. The van der Waals surface area contributed by atoms with Crippen LogP contribution in [0, 0.1) is 6.92 Å². The Balaban J connectivity index is 1.94. The first-order valence-corrected chi connectivity index (χ1v) is 9.82.